The molecule has 2 aromatic rings. The fourth-order valence-corrected chi connectivity index (χ4v) is 1.91. The lowest BCUT2D eigenvalue weighted by atomic mass is 10.2. The topological polar surface area (TPSA) is 49.8 Å². The molecule has 0 saturated heterocycles. The number of nitrogens with one attached hydrogen (secondary N) is 2. The van der Waals surface area contributed by atoms with Crippen molar-refractivity contribution in [1.29, 1.82) is 0 Å². The van der Waals surface area contributed by atoms with Crippen molar-refractivity contribution in [2.75, 3.05) is 17.2 Å². The van der Waals surface area contributed by atoms with Gasteiger partial charge in [0.25, 0.3) is 0 Å². The summed E-state index contributed by atoms with van der Waals surface area (Å²) in [6, 6.07) is 9.48. The largest absolute Gasteiger partial charge is 0.370 e. The van der Waals surface area contributed by atoms with Crippen LogP contribution in [-0.4, -0.2) is 16.5 Å². The van der Waals surface area contributed by atoms with Crippen LogP contribution in [0.25, 0.3) is 0 Å². The fraction of sp³-hybridized carbons (Fsp3) is 0.333. The Balaban J connectivity index is 2.17. The van der Waals surface area contributed by atoms with Crippen molar-refractivity contribution >= 4 is 28.9 Å². The molecule has 0 aliphatic heterocycles. The van der Waals surface area contributed by atoms with Crippen LogP contribution in [0.15, 0.2) is 30.3 Å². The number of halogens is 1. The molecule has 0 bridgehead atoms. The molecule has 0 amide bonds. The Bertz CT molecular complexity index is 584. The zero-order valence-electron chi connectivity index (χ0n) is 11.9. The molecule has 0 radical (unpaired) electrons. The molecule has 0 fully saturated rings. The predicted octanol–water partition coefficient (Wildman–Crippen LogP) is 4.25. The summed E-state index contributed by atoms with van der Waals surface area (Å²) in [5.41, 5.74) is 0.835. The van der Waals surface area contributed by atoms with Gasteiger partial charge in [0.1, 0.15) is 17.5 Å². The molecule has 106 valence electrons. The van der Waals surface area contributed by atoms with E-state index in [9.17, 15) is 0 Å². The molecule has 0 atom stereocenters. The van der Waals surface area contributed by atoms with Gasteiger partial charge >= 0.3 is 0 Å². The molecule has 0 spiro atoms. The fourth-order valence-electron chi connectivity index (χ4n) is 1.73. The smallest absolute Gasteiger partial charge is 0.136 e. The van der Waals surface area contributed by atoms with Gasteiger partial charge in [-0.1, -0.05) is 37.6 Å². The van der Waals surface area contributed by atoms with E-state index >= 15 is 0 Å². The minimum Gasteiger partial charge on any atom is -0.370 e. The molecular formula is C15H19ClN4. The molecule has 1 aromatic carbocycles. The van der Waals surface area contributed by atoms with E-state index < -0.39 is 0 Å². The second kappa shape index (κ2) is 6.57. The Hall–Kier alpha value is -1.81. The maximum Gasteiger partial charge on any atom is 0.136 e. The van der Waals surface area contributed by atoms with E-state index in [1.807, 2.05) is 37.3 Å². The molecule has 0 saturated carbocycles. The SMILES string of the molecule is Cc1nc(NCC(C)C)cc(Nc2ccccc2Cl)n1. The first-order valence-corrected chi connectivity index (χ1v) is 7.03. The zero-order valence-corrected chi connectivity index (χ0v) is 12.7. The Labute approximate surface area is 124 Å². The summed E-state index contributed by atoms with van der Waals surface area (Å²) >= 11 is 6.13. The number of aromatic nitrogens is 2. The van der Waals surface area contributed by atoms with Gasteiger partial charge in [0.2, 0.25) is 0 Å². The Morgan fingerprint density at radius 2 is 1.85 bits per heavy atom. The summed E-state index contributed by atoms with van der Waals surface area (Å²) in [7, 11) is 0. The lowest BCUT2D eigenvalue weighted by molar-refractivity contribution is 0.686. The van der Waals surface area contributed by atoms with E-state index in [0.717, 1.165) is 23.9 Å². The van der Waals surface area contributed by atoms with Gasteiger partial charge in [-0.15, -0.1) is 0 Å². The van der Waals surface area contributed by atoms with Crippen molar-refractivity contribution in [3.8, 4) is 0 Å². The maximum atomic E-state index is 6.13. The predicted molar refractivity (Wildman–Crippen MR) is 84.8 cm³/mol. The minimum absolute atomic E-state index is 0.560. The standard InChI is InChI=1S/C15H19ClN4/c1-10(2)9-17-14-8-15(19-11(3)18-14)20-13-7-5-4-6-12(13)16/h4-8,10H,9H2,1-3H3,(H2,17,18,19,20). The molecular weight excluding hydrogens is 272 g/mol. The second-order valence-corrected chi connectivity index (χ2v) is 5.47. The summed E-state index contributed by atoms with van der Waals surface area (Å²) in [6.45, 7) is 7.06. The average Bonchev–Trinajstić information content (AvgIpc) is 2.38. The van der Waals surface area contributed by atoms with Gasteiger partial charge in [-0.05, 0) is 25.0 Å². The average molecular weight is 291 g/mol. The third-order valence-electron chi connectivity index (χ3n) is 2.67. The molecule has 0 aliphatic rings. The molecule has 0 aliphatic carbocycles. The first-order valence-electron chi connectivity index (χ1n) is 6.65. The zero-order chi connectivity index (χ0) is 14.5. The van der Waals surface area contributed by atoms with Crippen molar-refractivity contribution in [1.82, 2.24) is 9.97 Å². The minimum atomic E-state index is 0.560. The monoisotopic (exact) mass is 290 g/mol. The highest BCUT2D eigenvalue weighted by atomic mass is 35.5. The second-order valence-electron chi connectivity index (χ2n) is 5.07. The molecule has 4 nitrogen and oxygen atoms in total. The maximum absolute atomic E-state index is 6.13. The highest BCUT2D eigenvalue weighted by Gasteiger charge is 2.05. The van der Waals surface area contributed by atoms with Gasteiger partial charge in [0.15, 0.2) is 0 Å². The van der Waals surface area contributed by atoms with E-state index in [0.29, 0.717) is 16.8 Å². The highest BCUT2D eigenvalue weighted by molar-refractivity contribution is 6.33. The summed E-state index contributed by atoms with van der Waals surface area (Å²) in [6.07, 6.45) is 0. The van der Waals surface area contributed by atoms with E-state index in [2.05, 4.69) is 34.4 Å². The molecule has 1 aromatic heterocycles. The molecule has 2 N–H and O–H groups in total. The van der Waals surface area contributed by atoms with Crippen LogP contribution in [0.5, 0.6) is 0 Å². The van der Waals surface area contributed by atoms with Crippen molar-refractivity contribution in [3.63, 3.8) is 0 Å². The summed E-state index contributed by atoms with van der Waals surface area (Å²) in [5.74, 6) is 2.83. The number of benzene rings is 1. The third kappa shape index (κ3) is 4.10. The quantitative estimate of drug-likeness (QED) is 0.864. The lowest BCUT2D eigenvalue weighted by Crippen LogP contribution is -2.10. The Kier molecular flexibility index (Phi) is 4.79. The van der Waals surface area contributed by atoms with Crippen LogP contribution in [0.1, 0.15) is 19.7 Å². The van der Waals surface area contributed by atoms with Crippen LogP contribution in [-0.2, 0) is 0 Å². The molecule has 0 unspecified atom stereocenters. The number of anilines is 3. The van der Waals surface area contributed by atoms with E-state index in [4.69, 9.17) is 11.6 Å². The summed E-state index contributed by atoms with van der Waals surface area (Å²) < 4.78 is 0. The van der Waals surface area contributed by atoms with E-state index in [1.54, 1.807) is 0 Å². The van der Waals surface area contributed by atoms with Gasteiger partial charge in [0, 0.05) is 12.6 Å². The van der Waals surface area contributed by atoms with Crippen LogP contribution in [0.4, 0.5) is 17.3 Å². The van der Waals surface area contributed by atoms with Crippen LogP contribution < -0.4 is 10.6 Å². The third-order valence-corrected chi connectivity index (χ3v) is 3.00. The van der Waals surface area contributed by atoms with Gasteiger partial charge in [-0.2, -0.15) is 0 Å². The number of aryl methyl sites for hydroxylation is 1. The van der Waals surface area contributed by atoms with E-state index in [1.165, 1.54) is 0 Å². The molecule has 1 heterocycles. The number of hydrogen-bond donors (Lipinski definition) is 2. The normalized spacial score (nSPS) is 10.7. The molecule has 5 heteroatoms. The lowest BCUT2D eigenvalue weighted by Gasteiger charge is -2.12. The van der Waals surface area contributed by atoms with Crippen LogP contribution in [0.2, 0.25) is 5.02 Å². The van der Waals surface area contributed by atoms with Gasteiger partial charge < -0.3 is 10.6 Å². The number of hydrogen-bond acceptors (Lipinski definition) is 4. The molecule has 20 heavy (non-hydrogen) atoms. The van der Waals surface area contributed by atoms with Crippen molar-refractivity contribution < 1.29 is 0 Å². The Morgan fingerprint density at radius 1 is 1.15 bits per heavy atom. The van der Waals surface area contributed by atoms with Crippen LogP contribution in [0, 0.1) is 12.8 Å². The Morgan fingerprint density at radius 3 is 2.55 bits per heavy atom. The summed E-state index contributed by atoms with van der Waals surface area (Å²) in [4.78, 5) is 8.75. The van der Waals surface area contributed by atoms with Crippen molar-refractivity contribution in [2.45, 2.75) is 20.8 Å². The summed E-state index contributed by atoms with van der Waals surface area (Å²) in [5, 5.41) is 7.19. The van der Waals surface area contributed by atoms with E-state index in [-0.39, 0.29) is 0 Å². The number of nitrogens with zero attached hydrogens (tertiary/aromatic N) is 2. The number of rotatable bonds is 5. The van der Waals surface area contributed by atoms with Gasteiger partial charge in [0.05, 0.1) is 10.7 Å². The van der Waals surface area contributed by atoms with Crippen LogP contribution >= 0.6 is 11.6 Å². The van der Waals surface area contributed by atoms with Crippen molar-refractivity contribution in [2.24, 2.45) is 5.92 Å². The van der Waals surface area contributed by atoms with Gasteiger partial charge in [-0.25, -0.2) is 9.97 Å². The van der Waals surface area contributed by atoms with Crippen LogP contribution in [0.3, 0.4) is 0 Å². The first-order chi connectivity index (χ1) is 9.54. The number of para-hydroxylation sites is 1. The highest BCUT2D eigenvalue weighted by Crippen LogP contribution is 2.24. The van der Waals surface area contributed by atoms with Crippen molar-refractivity contribution in [3.05, 3.63) is 41.2 Å². The first kappa shape index (κ1) is 14.6. The van der Waals surface area contributed by atoms with Gasteiger partial charge in [-0.3, -0.25) is 0 Å². The molecule has 2 rings (SSSR count).